The first kappa shape index (κ1) is 21.4. The van der Waals surface area contributed by atoms with Gasteiger partial charge < -0.3 is 14.8 Å². The van der Waals surface area contributed by atoms with Crippen LogP contribution in [0.5, 0.6) is 5.75 Å². The fourth-order valence-corrected chi connectivity index (χ4v) is 2.83. The van der Waals surface area contributed by atoms with Crippen molar-refractivity contribution >= 4 is 29.7 Å². The molecule has 28 heavy (non-hydrogen) atoms. The van der Waals surface area contributed by atoms with Gasteiger partial charge in [-0.25, -0.2) is 4.79 Å². The lowest BCUT2D eigenvalue weighted by Crippen LogP contribution is -2.30. The van der Waals surface area contributed by atoms with Crippen molar-refractivity contribution in [3.63, 3.8) is 0 Å². The zero-order valence-electron chi connectivity index (χ0n) is 14.8. The van der Waals surface area contributed by atoms with Crippen molar-refractivity contribution < 1.29 is 27.8 Å². The van der Waals surface area contributed by atoms with Crippen molar-refractivity contribution in [2.45, 2.75) is 11.5 Å². The van der Waals surface area contributed by atoms with E-state index in [-0.39, 0.29) is 18.3 Å². The number of carbonyl (C=O) groups is 2. The van der Waals surface area contributed by atoms with Gasteiger partial charge >= 0.3 is 12.6 Å². The zero-order valence-corrected chi connectivity index (χ0v) is 15.7. The molecule has 2 rings (SSSR count). The van der Waals surface area contributed by atoms with Crippen molar-refractivity contribution in [1.82, 2.24) is 5.32 Å². The standard InChI is InChI=1S/C20H19F2NO4S/c21-20(22)27-16-9-6-15(7-10-16)8-11-19(25)26-14-18(24)23-12-13-28-17-4-2-1-3-5-17/h1-11,20H,12-14H2,(H,23,24)/b11-8+. The van der Waals surface area contributed by atoms with E-state index < -0.39 is 12.6 Å². The second-order valence-electron chi connectivity index (χ2n) is 5.40. The molecule has 0 bridgehead atoms. The molecule has 0 spiro atoms. The van der Waals surface area contributed by atoms with Crippen molar-refractivity contribution in [2.24, 2.45) is 0 Å². The summed E-state index contributed by atoms with van der Waals surface area (Å²) >= 11 is 1.61. The molecule has 0 heterocycles. The number of alkyl halides is 2. The molecule has 2 aromatic carbocycles. The predicted octanol–water partition coefficient (Wildman–Crippen LogP) is 3.75. The van der Waals surface area contributed by atoms with Crippen LogP contribution in [0.15, 0.2) is 65.6 Å². The van der Waals surface area contributed by atoms with Crippen LogP contribution in [0.2, 0.25) is 0 Å². The molecule has 0 aliphatic carbocycles. The van der Waals surface area contributed by atoms with Gasteiger partial charge in [0, 0.05) is 23.3 Å². The van der Waals surface area contributed by atoms with Crippen LogP contribution in [0.4, 0.5) is 8.78 Å². The fourth-order valence-electron chi connectivity index (χ4n) is 2.04. The summed E-state index contributed by atoms with van der Waals surface area (Å²) in [5.41, 5.74) is 0.598. The zero-order chi connectivity index (χ0) is 20.2. The molecule has 148 valence electrons. The second-order valence-corrected chi connectivity index (χ2v) is 6.57. The van der Waals surface area contributed by atoms with Crippen LogP contribution >= 0.6 is 11.8 Å². The number of hydrogen-bond donors (Lipinski definition) is 1. The molecule has 0 aliphatic rings. The normalized spacial score (nSPS) is 10.8. The summed E-state index contributed by atoms with van der Waals surface area (Å²) in [6.45, 7) is -2.81. The van der Waals surface area contributed by atoms with Gasteiger partial charge in [-0.15, -0.1) is 11.8 Å². The Balaban J connectivity index is 1.63. The number of hydrogen-bond acceptors (Lipinski definition) is 5. The number of thioether (sulfide) groups is 1. The molecule has 0 aromatic heterocycles. The number of rotatable bonds is 10. The smallest absolute Gasteiger partial charge is 0.387 e. The molecule has 0 aliphatic heterocycles. The van der Waals surface area contributed by atoms with Crippen LogP contribution < -0.4 is 10.1 Å². The van der Waals surface area contributed by atoms with E-state index in [0.29, 0.717) is 17.9 Å². The third kappa shape index (κ3) is 8.68. The van der Waals surface area contributed by atoms with Gasteiger partial charge in [-0.05, 0) is 35.9 Å². The van der Waals surface area contributed by atoms with Crippen molar-refractivity contribution in [3.05, 3.63) is 66.2 Å². The van der Waals surface area contributed by atoms with Crippen LogP contribution in [0.25, 0.3) is 6.08 Å². The van der Waals surface area contributed by atoms with Gasteiger partial charge in [0.1, 0.15) is 5.75 Å². The Hall–Kier alpha value is -2.87. The highest BCUT2D eigenvalue weighted by Crippen LogP contribution is 2.16. The molecular formula is C20H19F2NO4S. The third-order valence-corrected chi connectivity index (χ3v) is 4.31. The molecule has 2 aromatic rings. The summed E-state index contributed by atoms with van der Waals surface area (Å²) in [6, 6.07) is 15.5. The van der Waals surface area contributed by atoms with Crippen LogP contribution in [0, 0.1) is 0 Å². The van der Waals surface area contributed by atoms with Gasteiger partial charge in [0.25, 0.3) is 5.91 Å². The highest BCUT2D eigenvalue weighted by Gasteiger charge is 2.05. The molecule has 0 radical (unpaired) electrons. The Labute approximate surface area is 165 Å². The first-order chi connectivity index (χ1) is 13.5. The molecule has 5 nitrogen and oxygen atoms in total. The Kier molecular flexibility index (Phi) is 9.00. The number of ether oxygens (including phenoxy) is 2. The van der Waals surface area contributed by atoms with Crippen LogP contribution in [0.1, 0.15) is 5.56 Å². The average molecular weight is 407 g/mol. The maximum absolute atomic E-state index is 12.1. The van der Waals surface area contributed by atoms with Crippen molar-refractivity contribution in [2.75, 3.05) is 18.9 Å². The highest BCUT2D eigenvalue weighted by molar-refractivity contribution is 7.99. The molecule has 0 atom stereocenters. The minimum atomic E-state index is -2.89. The van der Waals surface area contributed by atoms with Crippen molar-refractivity contribution in [3.8, 4) is 5.75 Å². The summed E-state index contributed by atoms with van der Waals surface area (Å²) in [6.07, 6.45) is 2.60. The van der Waals surface area contributed by atoms with Gasteiger partial charge in [-0.2, -0.15) is 8.78 Å². The van der Waals surface area contributed by atoms with E-state index in [4.69, 9.17) is 4.74 Å². The largest absolute Gasteiger partial charge is 0.452 e. The average Bonchev–Trinajstić information content (AvgIpc) is 2.69. The van der Waals surface area contributed by atoms with Gasteiger partial charge in [0.05, 0.1) is 0 Å². The maximum atomic E-state index is 12.1. The highest BCUT2D eigenvalue weighted by atomic mass is 32.2. The summed E-state index contributed by atoms with van der Waals surface area (Å²) in [5, 5.41) is 2.67. The van der Waals surface area contributed by atoms with Crippen molar-refractivity contribution in [1.29, 1.82) is 0 Å². The van der Waals surface area contributed by atoms with E-state index in [2.05, 4.69) is 10.1 Å². The summed E-state index contributed by atoms with van der Waals surface area (Å²) in [7, 11) is 0. The Morgan fingerprint density at radius 3 is 2.46 bits per heavy atom. The van der Waals surface area contributed by atoms with E-state index in [1.54, 1.807) is 11.8 Å². The van der Waals surface area contributed by atoms with Gasteiger partial charge in [0.2, 0.25) is 0 Å². The van der Waals surface area contributed by atoms with E-state index in [1.165, 1.54) is 30.3 Å². The number of amides is 1. The lowest BCUT2D eigenvalue weighted by Gasteiger charge is -2.05. The van der Waals surface area contributed by atoms with Crippen LogP contribution in [-0.4, -0.2) is 37.4 Å². The molecule has 8 heteroatoms. The molecule has 0 saturated carbocycles. The SMILES string of the molecule is O=C(COC(=O)/C=C/c1ccc(OC(F)F)cc1)NCCSc1ccccc1. The van der Waals surface area contributed by atoms with E-state index >= 15 is 0 Å². The number of nitrogens with one attached hydrogen (secondary N) is 1. The van der Waals surface area contributed by atoms with E-state index in [1.807, 2.05) is 30.3 Å². The molecule has 1 amide bonds. The molecule has 1 N–H and O–H groups in total. The van der Waals surface area contributed by atoms with Gasteiger partial charge in [0.15, 0.2) is 6.61 Å². The lowest BCUT2D eigenvalue weighted by atomic mass is 10.2. The molecule has 0 saturated heterocycles. The monoisotopic (exact) mass is 407 g/mol. The molecule has 0 unspecified atom stereocenters. The summed E-state index contributed by atoms with van der Waals surface area (Å²) in [5.74, 6) is -0.336. The number of benzene rings is 2. The quantitative estimate of drug-likeness (QED) is 0.281. The van der Waals surface area contributed by atoms with Crippen LogP contribution in [-0.2, 0) is 14.3 Å². The predicted molar refractivity (Wildman–Crippen MR) is 103 cm³/mol. The molecule has 0 fully saturated rings. The first-order valence-corrected chi connectivity index (χ1v) is 9.36. The topological polar surface area (TPSA) is 64.6 Å². The van der Waals surface area contributed by atoms with E-state index in [9.17, 15) is 18.4 Å². The van der Waals surface area contributed by atoms with Gasteiger partial charge in [-0.3, -0.25) is 4.79 Å². The fraction of sp³-hybridized carbons (Fsp3) is 0.200. The molecular weight excluding hydrogens is 388 g/mol. The number of carbonyl (C=O) groups excluding carboxylic acids is 2. The van der Waals surface area contributed by atoms with Gasteiger partial charge in [-0.1, -0.05) is 30.3 Å². The lowest BCUT2D eigenvalue weighted by molar-refractivity contribution is -0.143. The van der Waals surface area contributed by atoms with E-state index in [0.717, 1.165) is 11.0 Å². The summed E-state index contributed by atoms with van der Waals surface area (Å²) in [4.78, 5) is 24.4. The minimum absolute atomic E-state index is 0.0248. The Bertz CT molecular complexity index is 783. The first-order valence-electron chi connectivity index (χ1n) is 8.37. The summed E-state index contributed by atoms with van der Waals surface area (Å²) < 4.78 is 33.2. The Morgan fingerprint density at radius 2 is 1.79 bits per heavy atom. The second kappa shape index (κ2) is 11.8. The van der Waals surface area contributed by atoms with Crippen LogP contribution in [0.3, 0.4) is 0 Å². The maximum Gasteiger partial charge on any atom is 0.387 e. The number of halogens is 2. The Morgan fingerprint density at radius 1 is 1.07 bits per heavy atom. The third-order valence-electron chi connectivity index (χ3n) is 3.30. The minimum Gasteiger partial charge on any atom is -0.452 e. The number of esters is 1.